The summed E-state index contributed by atoms with van der Waals surface area (Å²) in [5.41, 5.74) is 0. The van der Waals surface area contributed by atoms with E-state index in [9.17, 15) is 4.91 Å². The molecule has 1 aliphatic carbocycles. The van der Waals surface area contributed by atoms with Crippen LogP contribution in [0.3, 0.4) is 0 Å². The van der Waals surface area contributed by atoms with E-state index in [1.165, 1.54) is 32.1 Å². The highest BCUT2D eigenvalue weighted by Gasteiger charge is 2.21. The standard InChI is InChI=1S/C16H26N3O2S2/c20-19-16(23-14-4-2-1-3-5-14)7-6-15(17-19)22-13-10-18-8-11-21-12-9-18/h6-7,14H,1-5,8-13H2,(H,17,20)/q+1. The van der Waals surface area contributed by atoms with Gasteiger partial charge in [-0.2, -0.15) is 0 Å². The molecule has 2 heterocycles. The van der Waals surface area contributed by atoms with Gasteiger partial charge in [-0.15, -0.1) is 16.9 Å². The van der Waals surface area contributed by atoms with Gasteiger partial charge in [0.25, 0.3) is 0 Å². The average Bonchev–Trinajstić information content (AvgIpc) is 2.59. The first-order valence-corrected chi connectivity index (χ1v) is 10.4. The van der Waals surface area contributed by atoms with Crippen LogP contribution in [0, 0.1) is 4.91 Å². The molecule has 0 unspecified atom stereocenters. The fourth-order valence-electron chi connectivity index (χ4n) is 3.04. The van der Waals surface area contributed by atoms with Crippen LogP contribution in [0.1, 0.15) is 32.1 Å². The predicted octanol–water partition coefficient (Wildman–Crippen LogP) is 2.78. The third kappa shape index (κ3) is 5.52. The van der Waals surface area contributed by atoms with E-state index in [4.69, 9.17) is 4.74 Å². The van der Waals surface area contributed by atoms with Crippen molar-refractivity contribution in [3.8, 4) is 0 Å². The van der Waals surface area contributed by atoms with Gasteiger partial charge in [-0.25, -0.2) is 0 Å². The second-order valence-corrected chi connectivity index (χ2v) is 8.58. The molecule has 0 atom stereocenters. The third-order valence-corrected chi connectivity index (χ3v) is 6.67. The summed E-state index contributed by atoms with van der Waals surface area (Å²) in [4.78, 5) is 14.6. The molecule has 23 heavy (non-hydrogen) atoms. The molecule has 128 valence electrons. The molecular weight excluding hydrogens is 330 g/mol. The van der Waals surface area contributed by atoms with Crippen molar-refractivity contribution >= 4 is 23.5 Å². The Balaban J connectivity index is 1.47. The molecule has 1 N–H and O–H groups in total. The van der Waals surface area contributed by atoms with Gasteiger partial charge in [0, 0.05) is 36.7 Å². The number of aromatic nitrogens is 2. The van der Waals surface area contributed by atoms with Crippen molar-refractivity contribution in [2.75, 3.05) is 38.6 Å². The zero-order valence-corrected chi connectivity index (χ0v) is 15.2. The lowest BCUT2D eigenvalue weighted by Crippen LogP contribution is -2.37. The molecule has 3 rings (SSSR count). The highest BCUT2D eigenvalue weighted by molar-refractivity contribution is 7.99. The summed E-state index contributed by atoms with van der Waals surface area (Å²) < 4.78 is 6.29. The molecule has 0 amide bonds. The van der Waals surface area contributed by atoms with Crippen LogP contribution in [-0.2, 0) is 4.74 Å². The Morgan fingerprint density at radius 3 is 2.74 bits per heavy atom. The topological polar surface area (TPSA) is 51.2 Å². The van der Waals surface area contributed by atoms with Crippen LogP contribution in [0.15, 0.2) is 22.2 Å². The van der Waals surface area contributed by atoms with Gasteiger partial charge >= 0.3 is 5.03 Å². The molecule has 0 bridgehead atoms. The number of rotatable bonds is 6. The molecule has 1 saturated heterocycles. The quantitative estimate of drug-likeness (QED) is 0.627. The maximum Gasteiger partial charge on any atom is 0.326 e. The lowest BCUT2D eigenvalue weighted by molar-refractivity contribution is -0.609. The molecule has 1 saturated carbocycles. The first-order valence-electron chi connectivity index (χ1n) is 8.57. The van der Waals surface area contributed by atoms with Crippen LogP contribution in [0.25, 0.3) is 0 Å². The second kappa shape index (κ2) is 9.11. The summed E-state index contributed by atoms with van der Waals surface area (Å²) in [7, 11) is 0. The van der Waals surface area contributed by atoms with Gasteiger partial charge < -0.3 is 4.74 Å². The summed E-state index contributed by atoms with van der Waals surface area (Å²) in [6.07, 6.45) is 6.42. The van der Waals surface area contributed by atoms with Gasteiger partial charge in [0.15, 0.2) is 4.54 Å². The number of hydrogen-bond acceptors (Lipinski definition) is 5. The number of thioether (sulfide) groups is 2. The zero-order valence-electron chi connectivity index (χ0n) is 13.5. The number of morpholine rings is 1. The molecule has 0 radical (unpaired) electrons. The molecule has 0 aromatic carbocycles. The molecule has 1 aliphatic heterocycles. The number of nitrogens with zero attached hydrogens (tertiary/aromatic N) is 2. The minimum atomic E-state index is 0.608. The Kier molecular flexibility index (Phi) is 6.86. The van der Waals surface area contributed by atoms with Crippen LogP contribution < -0.4 is 4.54 Å². The van der Waals surface area contributed by atoms with Crippen molar-refractivity contribution in [3.63, 3.8) is 0 Å². The SMILES string of the molecule is O=[n+]1[nH]c(SCCN2CCOCC2)ccc1SC1CCCCC1. The van der Waals surface area contributed by atoms with E-state index >= 15 is 0 Å². The molecule has 0 spiro atoms. The minimum Gasteiger partial charge on any atom is -0.379 e. The van der Waals surface area contributed by atoms with E-state index in [1.807, 2.05) is 12.1 Å². The molecule has 2 aliphatic rings. The van der Waals surface area contributed by atoms with Crippen LogP contribution in [0.5, 0.6) is 0 Å². The molecular formula is C16H26N3O2S2+. The summed E-state index contributed by atoms with van der Waals surface area (Å²) in [5.74, 6) is 0.992. The van der Waals surface area contributed by atoms with Gasteiger partial charge in [-0.1, -0.05) is 19.3 Å². The summed E-state index contributed by atoms with van der Waals surface area (Å²) >= 11 is 3.45. The highest BCUT2D eigenvalue weighted by Crippen LogP contribution is 2.31. The Hall–Kier alpha value is -0.500. The van der Waals surface area contributed by atoms with E-state index in [1.54, 1.807) is 23.5 Å². The minimum absolute atomic E-state index is 0.608. The van der Waals surface area contributed by atoms with E-state index < -0.39 is 0 Å². The summed E-state index contributed by atoms with van der Waals surface area (Å²) in [6, 6.07) is 4.02. The lowest BCUT2D eigenvalue weighted by atomic mass is 10.0. The summed E-state index contributed by atoms with van der Waals surface area (Å²) in [5, 5.41) is 5.32. The highest BCUT2D eigenvalue weighted by atomic mass is 32.2. The van der Waals surface area contributed by atoms with Crippen LogP contribution in [-0.4, -0.2) is 53.8 Å². The predicted molar refractivity (Wildman–Crippen MR) is 94.9 cm³/mol. The third-order valence-electron chi connectivity index (χ3n) is 4.40. The van der Waals surface area contributed by atoms with Crippen molar-refractivity contribution in [2.24, 2.45) is 0 Å². The molecule has 7 heteroatoms. The van der Waals surface area contributed by atoms with Crippen LogP contribution in [0.4, 0.5) is 0 Å². The van der Waals surface area contributed by atoms with Crippen molar-refractivity contribution < 1.29 is 9.28 Å². The Morgan fingerprint density at radius 1 is 1.22 bits per heavy atom. The number of hydrogen-bond donors (Lipinski definition) is 1. The number of nitrogens with one attached hydrogen (secondary N) is 1. The fraction of sp³-hybridized carbons (Fsp3) is 0.750. The second-order valence-electron chi connectivity index (χ2n) is 6.12. The largest absolute Gasteiger partial charge is 0.379 e. The first-order chi connectivity index (χ1) is 11.3. The maximum absolute atomic E-state index is 12.2. The monoisotopic (exact) mass is 356 g/mol. The van der Waals surface area contributed by atoms with Gasteiger partial charge in [-0.3, -0.25) is 4.90 Å². The van der Waals surface area contributed by atoms with Gasteiger partial charge in [-0.05, 0) is 30.7 Å². The molecule has 5 nitrogen and oxygen atoms in total. The Labute approximate surface area is 146 Å². The Bertz CT molecular complexity index is 540. The smallest absolute Gasteiger partial charge is 0.326 e. The number of H-pyrrole nitrogens is 1. The van der Waals surface area contributed by atoms with Crippen molar-refractivity contribution in [1.82, 2.24) is 10.00 Å². The lowest BCUT2D eigenvalue weighted by Gasteiger charge is -2.26. The fourth-order valence-corrected chi connectivity index (χ4v) is 5.12. The van der Waals surface area contributed by atoms with Crippen molar-refractivity contribution in [3.05, 3.63) is 17.0 Å². The van der Waals surface area contributed by atoms with E-state index in [0.717, 1.165) is 53.2 Å². The van der Waals surface area contributed by atoms with Crippen molar-refractivity contribution in [2.45, 2.75) is 47.4 Å². The van der Waals surface area contributed by atoms with E-state index in [0.29, 0.717) is 5.25 Å². The van der Waals surface area contributed by atoms with Crippen molar-refractivity contribution in [1.29, 1.82) is 0 Å². The van der Waals surface area contributed by atoms with Gasteiger partial charge in [0.2, 0.25) is 0 Å². The average molecular weight is 357 g/mol. The summed E-state index contributed by atoms with van der Waals surface area (Å²) in [6.45, 7) is 4.75. The first kappa shape index (κ1) is 17.3. The van der Waals surface area contributed by atoms with E-state index in [-0.39, 0.29) is 0 Å². The number of aromatic amines is 1. The molecule has 1 aromatic heterocycles. The van der Waals surface area contributed by atoms with Crippen LogP contribution >= 0.6 is 23.5 Å². The molecule has 2 fully saturated rings. The molecule has 1 aromatic rings. The van der Waals surface area contributed by atoms with Gasteiger partial charge in [0.05, 0.1) is 18.1 Å². The van der Waals surface area contributed by atoms with Crippen LogP contribution in [0.2, 0.25) is 0 Å². The van der Waals surface area contributed by atoms with E-state index in [2.05, 4.69) is 10.00 Å². The zero-order chi connectivity index (χ0) is 15.9. The van der Waals surface area contributed by atoms with Gasteiger partial charge in [0.1, 0.15) is 5.03 Å². The normalized spacial score (nSPS) is 20.7. The maximum atomic E-state index is 12.2. The number of ether oxygens (including phenoxy) is 1. The Morgan fingerprint density at radius 2 is 2.00 bits per heavy atom.